The Morgan fingerprint density at radius 2 is 2.35 bits per heavy atom. The molecule has 0 N–H and O–H groups in total. The van der Waals surface area contributed by atoms with Gasteiger partial charge >= 0.3 is 5.97 Å². The number of hydrogen-bond donors (Lipinski definition) is 0. The molecule has 5 nitrogen and oxygen atoms in total. The van der Waals surface area contributed by atoms with Crippen molar-refractivity contribution in [2.45, 2.75) is 56.0 Å². The van der Waals surface area contributed by atoms with Crippen LogP contribution in [0.1, 0.15) is 36.6 Å². The van der Waals surface area contributed by atoms with Gasteiger partial charge in [0, 0.05) is 17.8 Å². The van der Waals surface area contributed by atoms with Crippen LogP contribution in [0.3, 0.4) is 0 Å². The molecular weight excluding hydrogens is 366 g/mol. The van der Waals surface area contributed by atoms with E-state index in [1.807, 2.05) is 17.4 Å². The molecule has 3 heterocycles. The number of fused-ring (bicyclic) bond motifs is 1. The SMILES string of the molecule is C=CCn1c(S[C@@H]2CCOC2=O)nnc1-c1cc2c(s1)CC[C@H](CC)C2. The number of allylic oxidation sites excluding steroid dienone is 1. The molecule has 4 rings (SSSR count). The van der Waals surface area contributed by atoms with Gasteiger partial charge in [-0.2, -0.15) is 0 Å². The van der Waals surface area contributed by atoms with Crippen LogP contribution in [0.4, 0.5) is 0 Å². The summed E-state index contributed by atoms with van der Waals surface area (Å²) in [6.45, 7) is 7.28. The van der Waals surface area contributed by atoms with E-state index in [1.165, 1.54) is 52.8 Å². The summed E-state index contributed by atoms with van der Waals surface area (Å²) in [6, 6.07) is 2.30. The van der Waals surface area contributed by atoms with E-state index < -0.39 is 0 Å². The van der Waals surface area contributed by atoms with Crippen LogP contribution in [0.5, 0.6) is 0 Å². The minimum absolute atomic E-state index is 0.151. The first-order valence-electron chi connectivity index (χ1n) is 9.19. The minimum Gasteiger partial charge on any atom is -0.465 e. The lowest BCUT2D eigenvalue weighted by atomic mass is 9.87. The van der Waals surface area contributed by atoms with Gasteiger partial charge in [-0.15, -0.1) is 28.1 Å². The van der Waals surface area contributed by atoms with E-state index in [1.54, 1.807) is 0 Å². The summed E-state index contributed by atoms with van der Waals surface area (Å²) in [5.41, 5.74) is 1.48. The molecule has 2 atom stereocenters. The molecule has 2 aromatic heterocycles. The van der Waals surface area contributed by atoms with Crippen molar-refractivity contribution in [1.29, 1.82) is 0 Å². The highest BCUT2D eigenvalue weighted by Gasteiger charge is 2.30. The van der Waals surface area contributed by atoms with E-state index in [2.05, 4.69) is 34.3 Å². The molecule has 138 valence electrons. The van der Waals surface area contributed by atoms with Gasteiger partial charge in [-0.05, 0) is 36.8 Å². The highest BCUT2D eigenvalue weighted by atomic mass is 32.2. The first-order chi connectivity index (χ1) is 12.7. The Morgan fingerprint density at radius 1 is 1.46 bits per heavy atom. The predicted octanol–water partition coefficient (Wildman–Crippen LogP) is 4.12. The van der Waals surface area contributed by atoms with Crippen LogP contribution >= 0.6 is 23.1 Å². The Bertz CT molecular complexity index is 827. The smallest absolute Gasteiger partial charge is 0.319 e. The Kier molecular flexibility index (Phi) is 5.18. The molecule has 26 heavy (non-hydrogen) atoms. The number of hydrogen-bond acceptors (Lipinski definition) is 6. The van der Waals surface area contributed by atoms with Crippen molar-refractivity contribution in [2.24, 2.45) is 5.92 Å². The largest absolute Gasteiger partial charge is 0.465 e. The van der Waals surface area contributed by atoms with Crippen molar-refractivity contribution < 1.29 is 9.53 Å². The number of aryl methyl sites for hydroxylation is 1. The molecule has 1 saturated heterocycles. The highest BCUT2D eigenvalue weighted by Crippen LogP contribution is 2.39. The minimum atomic E-state index is -0.183. The third-order valence-electron chi connectivity index (χ3n) is 5.15. The standard InChI is InChI=1S/C19H23N3O2S2/c1-3-8-22-17(20-21-19(22)26-15-7-9-24-18(15)23)16-11-13-10-12(4-2)5-6-14(13)25-16/h3,11-12,15H,1,4-10H2,2H3/t12-,15+/m0/s1. The normalized spacial score (nSPS) is 22.3. The van der Waals surface area contributed by atoms with E-state index in [-0.39, 0.29) is 11.2 Å². The van der Waals surface area contributed by atoms with E-state index in [9.17, 15) is 4.79 Å². The van der Waals surface area contributed by atoms with Crippen LogP contribution in [-0.4, -0.2) is 32.6 Å². The second-order valence-corrected chi connectivity index (χ2v) is 9.15. The molecule has 2 aromatic rings. The second kappa shape index (κ2) is 7.56. The van der Waals surface area contributed by atoms with Crippen LogP contribution in [0.2, 0.25) is 0 Å². The summed E-state index contributed by atoms with van der Waals surface area (Å²) in [6.07, 6.45) is 7.45. The van der Waals surface area contributed by atoms with Gasteiger partial charge in [0.25, 0.3) is 0 Å². The van der Waals surface area contributed by atoms with E-state index in [4.69, 9.17) is 4.74 Å². The third-order valence-corrected chi connectivity index (χ3v) is 7.60. The van der Waals surface area contributed by atoms with Gasteiger partial charge in [-0.1, -0.05) is 31.2 Å². The molecule has 0 saturated carbocycles. The first kappa shape index (κ1) is 17.8. The number of rotatable bonds is 6. The van der Waals surface area contributed by atoms with Gasteiger partial charge in [0.15, 0.2) is 11.0 Å². The van der Waals surface area contributed by atoms with Gasteiger partial charge in [0.05, 0.1) is 11.5 Å². The molecule has 1 aliphatic carbocycles. The topological polar surface area (TPSA) is 57.0 Å². The lowest BCUT2D eigenvalue weighted by Crippen LogP contribution is -2.11. The molecule has 0 amide bonds. The molecule has 0 unspecified atom stereocenters. The zero-order chi connectivity index (χ0) is 18.1. The van der Waals surface area contributed by atoms with Gasteiger partial charge in [0.1, 0.15) is 5.25 Å². The van der Waals surface area contributed by atoms with Crippen LogP contribution < -0.4 is 0 Å². The zero-order valence-corrected chi connectivity index (χ0v) is 16.6. The van der Waals surface area contributed by atoms with Crippen molar-refractivity contribution in [3.63, 3.8) is 0 Å². The molecular formula is C19H23N3O2S2. The number of esters is 1. The van der Waals surface area contributed by atoms with Crippen LogP contribution in [-0.2, 0) is 28.9 Å². The van der Waals surface area contributed by atoms with Crippen molar-refractivity contribution in [1.82, 2.24) is 14.8 Å². The molecule has 1 fully saturated rings. The number of nitrogens with zero attached hydrogens (tertiary/aromatic N) is 3. The predicted molar refractivity (Wildman–Crippen MR) is 105 cm³/mol. The number of cyclic esters (lactones) is 1. The monoisotopic (exact) mass is 389 g/mol. The summed E-state index contributed by atoms with van der Waals surface area (Å²) in [7, 11) is 0. The number of aromatic nitrogens is 3. The van der Waals surface area contributed by atoms with Crippen molar-refractivity contribution in [3.05, 3.63) is 29.2 Å². The molecule has 0 bridgehead atoms. The molecule has 0 spiro atoms. The summed E-state index contributed by atoms with van der Waals surface area (Å²) >= 11 is 3.29. The van der Waals surface area contributed by atoms with E-state index >= 15 is 0 Å². The van der Waals surface area contributed by atoms with Gasteiger partial charge in [-0.25, -0.2) is 0 Å². The fourth-order valence-electron chi connectivity index (χ4n) is 3.62. The van der Waals surface area contributed by atoms with Gasteiger partial charge in [0.2, 0.25) is 0 Å². The average Bonchev–Trinajstić information content (AvgIpc) is 3.34. The molecule has 2 aliphatic rings. The summed E-state index contributed by atoms with van der Waals surface area (Å²) in [5, 5.41) is 9.41. The van der Waals surface area contributed by atoms with Gasteiger partial charge < -0.3 is 4.74 Å². The van der Waals surface area contributed by atoms with Crippen LogP contribution in [0, 0.1) is 5.92 Å². The Balaban J connectivity index is 1.63. The molecule has 1 aliphatic heterocycles. The summed E-state index contributed by atoms with van der Waals surface area (Å²) in [5.74, 6) is 1.53. The lowest BCUT2D eigenvalue weighted by Gasteiger charge is -2.19. The highest BCUT2D eigenvalue weighted by molar-refractivity contribution is 8.00. The van der Waals surface area contributed by atoms with Gasteiger partial charge in [-0.3, -0.25) is 9.36 Å². The fraction of sp³-hybridized carbons (Fsp3) is 0.526. The average molecular weight is 390 g/mol. The summed E-state index contributed by atoms with van der Waals surface area (Å²) in [4.78, 5) is 14.5. The van der Waals surface area contributed by atoms with Crippen molar-refractivity contribution >= 4 is 29.1 Å². The third kappa shape index (κ3) is 3.34. The van der Waals surface area contributed by atoms with Crippen LogP contribution in [0.25, 0.3) is 10.7 Å². The summed E-state index contributed by atoms with van der Waals surface area (Å²) < 4.78 is 7.14. The maximum atomic E-state index is 11.8. The molecule has 0 radical (unpaired) electrons. The Labute approximate surface area is 161 Å². The molecule has 7 heteroatoms. The van der Waals surface area contributed by atoms with Crippen molar-refractivity contribution in [3.8, 4) is 10.7 Å². The maximum Gasteiger partial charge on any atom is 0.319 e. The fourth-order valence-corrected chi connectivity index (χ4v) is 5.83. The number of thiophene rings is 1. The van der Waals surface area contributed by atoms with E-state index in [0.29, 0.717) is 13.2 Å². The Morgan fingerprint density at radius 3 is 3.08 bits per heavy atom. The first-order valence-corrected chi connectivity index (χ1v) is 10.9. The lowest BCUT2D eigenvalue weighted by molar-refractivity contribution is -0.137. The number of thioether (sulfide) groups is 1. The zero-order valence-electron chi connectivity index (χ0n) is 14.9. The van der Waals surface area contributed by atoms with Crippen molar-refractivity contribution in [2.75, 3.05) is 6.61 Å². The number of carbonyl (C=O) groups is 1. The Hall–Kier alpha value is -1.60. The quantitative estimate of drug-likeness (QED) is 0.550. The second-order valence-electron chi connectivity index (χ2n) is 6.84. The van der Waals surface area contributed by atoms with E-state index in [0.717, 1.165) is 23.3 Å². The van der Waals surface area contributed by atoms with Crippen LogP contribution in [0.15, 0.2) is 23.9 Å². The number of carbonyl (C=O) groups excluding carboxylic acids is 1. The number of ether oxygens (including phenoxy) is 1. The maximum absolute atomic E-state index is 11.8. The molecule has 0 aromatic carbocycles.